The molecule has 0 spiro atoms. The van der Waals surface area contributed by atoms with Gasteiger partial charge in [-0.05, 0) is 29.0 Å². The SMILES string of the molecule is C=CCCn1cncc(I)c1=O. The molecule has 4 heteroatoms. The third kappa shape index (κ3) is 2.17. The second-order valence-corrected chi connectivity index (χ2v) is 3.48. The van der Waals surface area contributed by atoms with E-state index in [1.807, 2.05) is 22.6 Å². The molecule has 0 N–H and O–H groups in total. The van der Waals surface area contributed by atoms with E-state index in [1.54, 1.807) is 23.2 Å². The molecular weight excluding hydrogens is 267 g/mol. The molecule has 12 heavy (non-hydrogen) atoms. The van der Waals surface area contributed by atoms with Gasteiger partial charge < -0.3 is 0 Å². The van der Waals surface area contributed by atoms with Crippen LogP contribution in [0.4, 0.5) is 0 Å². The van der Waals surface area contributed by atoms with Crippen molar-refractivity contribution in [3.8, 4) is 0 Å². The Labute approximate surface area is 84.3 Å². The van der Waals surface area contributed by atoms with Crippen LogP contribution in [0.15, 0.2) is 30.0 Å². The molecular formula is C8H9IN2O. The molecule has 1 aromatic heterocycles. The zero-order chi connectivity index (χ0) is 8.97. The first-order chi connectivity index (χ1) is 5.75. The standard InChI is InChI=1S/C8H9IN2O/c1-2-3-4-11-6-10-5-7(9)8(11)12/h2,5-6H,1,3-4H2. The molecule has 0 amide bonds. The molecule has 0 aliphatic heterocycles. The molecule has 0 saturated carbocycles. The van der Waals surface area contributed by atoms with Crippen LogP contribution in [0.5, 0.6) is 0 Å². The van der Waals surface area contributed by atoms with Gasteiger partial charge in [0.25, 0.3) is 5.56 Å². The summed E-state index contributed by atoms with van der Waals surface area (Å²) in [4.78, 5) is 15.3. The molecule has 1 aromatic rings. The van der Waals surface area contributed by atoms with Crippen molar-refractivity contribution in [2.45, 2.75) is 13.0 Å². The minimum Gasteiger partial charge on any atom is -0.298 e. The maximum atomic E-state index is 11.4. The summed E-state index contributed by atoms with van der Waals surface area (Å²) >= 11 is 1.98. The highest BCUT2D eigenvalue weighted by Crippen LogP contribution is 1.94. The Morgan fingerprint density at radius 3 is 3.17 bits per heavy atom. The van der Waals surface area contributed by atoms with Gasteiger partial charge in [-0.15, -0.1) is 6.58 Å². The predicted octanol–water partition coefficient (Wildman–Crippen LogP) is 1.42. The second-order valence-electron chi connectivity index (χ2n) is 2.32. The first-order valence-electron chi connectivity index (χ1n) is 3.56. The first kappa shape index (κ1) is 9.44. The highest BCUT2D eigenvalue weighted by Gasteiger charge is 1.98. The van der Waals surface area contributed by atoms with Crippen LogP contribution in [0, 0.1) is 3.57 Å². The van der Waals surface area contributed by atoms with Gasteiger partial charge in [0.15, 0.2) is 0 Å². The fourth-order valence-corrected chi connectivity index (χ4v) is 1.28. The highest BCUT2D eigenvalue weighted by molar-refractivity contribution is 14.1. The van der Waals surface area contributed by atoms with Gasteiger partial charge in [-0.2, -0.15) is 0 Å². The minimum absolute atomic E-state index is 0.0208. The molecule has 0 aliphatic rings. The van der Waals surface area contributed by atoms with Crippen molar-refractivity contribution < 1.29 is 0 Å². The van der Waals surface area contributed by atoms with Crippen molar-refractivity contribution in [2.24, 2.45) is 0 Å². The van der Waals surface area contributed by atoms with Crippen LogP contribution < -0.4 is 5.56 Å². The van der Waals surface area contributed by atoms with Crippen LogP contribution in [0.1, 0.15) is 6.42 Å². The minimum atomic E-state index is 0.0208. The topological polar surface area (TPSA) is 34.9 Å². The Morgan fingerprint density at radius 1 is 1.75 bits per heavy atom. The Bertz CT molecular complexity index is 332. The van der Waals surface area contributed by atoms with Crippen LogP contribution in [-0.4, -0.2) is 9.55 Å². The monoisotopic (exact) mass is 276 g/mol. The van der Waals surface area contributed by atoms with E-state index in [-0.39, 0.29) is 5.56 Å². The van der Waals surface area contributed by atoms with E-state index >= 15 is 0 Å². The third-order valence-corrected chi connectivity index (χ3v) is 2.17. The molecule has 1 rings (SSSR count). The van der Waals surface area contributed by atoms with Gasteiger partial charge >= 0.3 is 0 Å². The van der Waals surface area contributed by atoms with Crippen molar-refractivity contribution in [1.29, 1.82) is 0 Å². The summed E-state index contributed by atoms with van der Waals surface area (Å²) in [6.07, 6.45) is 5.69. The van der Waals surface area contributed by atoms with E-state index in [0.29, 0.717) is 10.1 Å². The molecule has 0 unspecified atom stereocenters. The quantitative estimate of drug-likeness (QED) is 0.618. The Kier molecular flexibility index (Phi) is 3.46. The van der Waals surface area contributed by atoms with Crippen molar-refractivity contribution in [2.75, 3.05) is 0 Å². The maximum Gasteiger partial charge on any atom is 0.266 e. The van der Waals surface area contributed by atoms with Gasteiger partial charge in [0, 0.05) is 12.7 Å². The fraction of sp³-hybridized carbons (Fsp3) is 0.250. The molecule has 0 aliphatic carbocycles. The lowest BCUT2D eigenvalue weighted by atomic mass is 10.4. The van der Waals surface area contributed by atoms with Crippen LogP contribution in [0.25, 0.3) is 0 Å². The number of allylic oxidation sites excluding steroid dienone is 1. The van der Waals surface area contributed by atoms with Crippen molar-refractivity contribution >= 4 is 22.6 Å². The lowest BCUT2D eigenvalue weighted by Gasteiger charge is -2.01. The van der Waals surface area contributed by atoms with Crippen LogP contribution in [0.3, 0.4) is 0 Å². The van der Waals surface area contributed by atoms with Crippen molar-refractivity contribution in [3.05, 3.63) is 39.1 Å². The van der Waals surface area contributed by atoms with Crippen LogP contribution >= 0.6 is 22.6 Å². The number of hydrogen-bond donors (Lipinski definition) is 0. The normalized spacial score (nSPS) is 9.75. The van der Waals surface area contributed by atoms with Gasteiger partial charge in [-0.1, -0.05) is 6.08 Å². The number of aromatic nitrogens is 2. The summed E-state index contributed by atoms with van der Waals surface area (Å²) in [5, 5.41) is 0. The van der Waals surface area contributed by atoms with Gasteiger partial charge in [0.1, 0.15) is 0 Å². The van der Waals surface area contributed by atoms with Gasteiger partial charge in [-0.3, -0.25) is 9.36 Å². The Hall–Kier alpha value is -0.650. The molecule has 0 aromatic carbocycles. The molecule has 3 nitrogen and oxygen atoms in total. The molecule has 0 saturated heterocycles. The van der Waals surface area contributed by atoms with E-state index in [2.05, 4.69) is 11.6 Å². The third-order valence-electron chi connectivity index (χ3n) is 1.43. The summed E-state index contributed by atoms with van der Waals surface area (Å²) in [7, 11) is 0. The van der Waals surface area contributed by atoms with E-state index in [1.165, 1.54) is 0 Å². The van der Waals surface area contributed by atoms with E-state index in [4.69, 9.17) is 0 Å². The Balaban J connectivity index is 2.92. The number of nitrogens with zero attached hydrogens (tertiary/aromatic N) is 2. The number of hydrogen-bond acceptors (Lipinski definition) is 2. The average Bonchev–Trinajstić information content (AvgIpc) is 2.08. The van der Waals surface area contributed by atoms with Crippen LogP contribution in [-0.2, 0) is 6.54 Å². The Morgan fingerprint density at radius 2 is 2.50 bits per heavy atom. The van der Waals surface area contributed by atoms with Crippen LogP contribution in [0.2, 0.25) is 0 Å². The number of halogens is 1. The van der Waals surface area contributed by atoms with Gasteiger partial charge in [0.2, 0.25) is 0 Å². The first-order valence-corrected chi connectivity index (χ1v) is 4.64. The summed E-state index contributed by atoms with van der Waals surface area (Å²) < 4.78 is 2.24. The smallest absolute Gasteiger partial charge is 0.266 e. The zero-order valence-electron chi connectivity index (χ0n) is 6.53. The highest BCUT2D eigenvalue weighted by atomic mass is 127. The number of rotatable bonds is 3. The summed E-state index contributed by atoms with van der Waals surface area (Å²) in [5.74, 6) is 0. The van der Waals surface area contributed by atoms with Gasteiger partial charge in [0.05, 0.1) is 9.90 Å². The molecule has 1 heterocycles. The zero-order valence-corrected chi connectivity index (χ0v) is 8.69. The van der Waals surface area contributed by atoms with E-state index in [0.717, 1.165) is 6.42 Å². The van der Waals surface area contributed by atoms with E-state index < -0.39 is 0 Å². The predicted molar refractivity (Wildman–Crippen MR) is 56.0 cm³/mol. The molecule has 0 bridgehead atoms. The largest absolute Gasteiger partial charge is 0.298 e. The number of aryl methyl sites for hydroxylation is 1. The molecule has 64 valence electrons. The lowest BCUT2D eigenvalue weighted by molar-refractivity contribution is 0.661. The molecule has 0 fully saturated rings. The fourth-order valence-electron chi connectivity index (χ4n) is 0.814. The van der Waals surface area contributed by atoms with E-state index in [9.17, 15) is 4.79 Å². The summed E-state index contributed by atoms with van der Waals surface area (Å²) in [6.45, 7) is 4.25. The van der Waals surface area contributed by atoms with Crippen molar-refractivity contribution in [3.63, 3.8) is 0 Å². The maximum absolute atomic E-state index is 11.4. The lowest BCUT2D eigenvalue weighted by Crippen LogP contribution is -2.22. The van der Waals surface area contributed by atoms with Gasteiger partial charge in [-0.25, -0.2) is 4.98 Å². The van der Waals surface area contributed by atoms with Crippen molar-refractivity contribution in [1.82, 2.24) is 9.55 Å². The summed E-state index contributed by atoms with van der Waals surface area (Å²) in [5.41, 5.74) is 0.0208. The molecule has 0 radical (unpaired) electrons. The average molecular weight is 276 g/mol. The summed E-state index contributed by atoms with van der Waals surface area (Å²) in [6, 6.07) is 0. The molecule has 0 atom stereocenters. The second kappa shape index (κ2) is 4.39.